The number of aromatic nitrogens is 3. The highest BCUT2D eigenvalue weighted by Crippen LogP contribution is 2.26. The molecule has 0 saturated carbocycles. The van der Waals surface area contributed by atoms with Gasteiger partial charge in [0, 0.05) is 5.56 Å². The van der Waals surface area contributed by atoms with Gasteiger partial charge < -0.3 is 0 Å². The van der Waals surface area contributed by atoms with Crippen molar-refractivity contribution in [2.24, 2.45) is 0 Å². The fourth-order valence-electron chi connectivity index (χ4n) is 1.64. The summed E-state index contributed by atoms with van der Waals surface area (Å²) < 4.78 is 37.0. The Morgan fingerprint density at radius 3 is 2.33 bits per heavy atom. The second-order valence-electron chi connectivity index (χ2n) is 4.74. The summed E-state index contributed by atoms with van der Waals surface area (Å²) in [5, 5.41) is 7.24. The maximum Gasteiger partial charge on any atom is 0.451 e. The van der Waals surface area contributed by atoms with E-state index in [1.54, 1.807) is 29.4 Å². The maximum absolute atomic E-state index is 12.3. The molecule has 0 bridgehead atoms. The molecule has 21 heavy (non-hydrogen) atoms. The van der Waals surface area contributed by atoms with Gasteiger partial charge in [-0.05, 0) is 23.6 Å². The quantitative estimate of drug-likeness (QED) is 0.914. The number of carbonyl (C=O) groups excluding carboxylic acids is 1. The topological polar surface area (TPSA) is 70.7 Å². The van der Waals surface area contributed by atoms with Crippen molar-refractivity contribution in [2.75, 3.05) is 5.32 Å². The summed E-state index contributed by atoms with van der Waals surface area (Å²) in [5.74, 6) is -1.92. The number of halogens is 3. The predicted molar refractivity (Wildman–Crippen MR) is 69.9 cm³/mol. The first-order valence-corrected chi connectivity index (χ1v) is 6.18. The molecule has 1 heterocycles. The molecule has 0 atom stereocenters. The highest BCUT2D eigenvalue weighted by Gasteiger charge is 2.35. The molecule has 0 aliphatic carbocycles. The molecule has 0 fully saturated rings. The van der Waals surface area contributed by atoms with E-state index in [0.29, 0.717) is 11.5 Å². The van der Waals surface area contributed by atoms with E-state index in [4.69, 9.17) is 0 Å². The molecule has 0 aliphatic heterocycles. The molecule has 2 N–H and O–H groups in total. The standard InChI is InChI=1S/C13H13F3N4O/c1-7(2)8-3-5-9(6-4-8)10(21)17-12-18-11(19-20-12)13(14,15)16/h3-7H,1-2H3,(H2,17,18,19,20,21). The van der Waals surface area contributed by atoms with Crippen LogP contribution in [-0.4, -0.2) is 21.1 Å². The van der Waals surface area contributed by atoms with Gasteiger partial charge in [-0.3, -0.25) is 15.2 Å². The number of H-pyrrole nitrogens is 1. The number of amides is 1. The summed E-state index contributed by atoms with van der Waals surface area (Å²) in [4.78, 5) is 15.0. The average Bonchev–Trinajstić information content (AvgIpc) is 2.87. The van der Waals surface area contributed by atoms with Crippen LogP contribution in [0.4, 0.5) is 19.1 Å². The van der Waals surface area contributed by atoms with Gasteiger partial charge >= 0.3 is 6.18 Å². The summed E-state index contributed by atoms with van der Waals surface area (Å²) in [5.41, 5.74) is 1.38. The van der Waals surface area contributed by atoms with Crippen LogP contribution in [0.2, 0.25) is 0 Å². The summed E-state index contributed by atoms with van der Waals surface area (Å²) in [7, 11) is 0. The lowest BCUT2D eigenvalue weighted by molar-refractivity contribution is -0.144. The molecule has 1 aromatic carbocycles. The first-order valence-electron chi connectivity index (χ1n) is 6.18. The van der Waals surface area contributed by atoms with Crippen molar-refractivity contribution in [3.05, 3.63) is 41.2 Å². The molecule has 5 nitrogen and oxygen atoms in total. The highest BCUT2D eigenvalue weighted by atomic mass is 19.4. The number of nitrogens with one attached hydrogen (secondary N) is 2. The smallest absolute Gasteiger partial charge is 0.289 e. The molecule has 0 saturated heterocycles. The van der Waals surface area contributed by atoms with Gasteiger partial charge in [0.25, 0.3) is 5.91 Å². The third kappa shape index (κ3) is 3.59. The van der Waals surface area contributed by atoms with Gasteiger partial charge in [-0.15, -0.1) is 5.10 Å². The number of anilines is 1. The number of carbonyl (C=O) groups is 1. The lowest BCUT2D eigenvalue weighted by Crippen LogP contribution is -2.13. The van der Waals surface area contributed by atoms with Crippen molar-refractivity contribution >= 4 is 11.9 Å². The van der Waals surface area contributed by atoms with Crippen molar-refractivity contribution in [3.63, 3.8) is 0 Å². The molecule has 0 aliphatic rings. The number of nitrogens with zero attached hydrogens (tertiary/aromatic N) is 2. The predicted octanol–water partition coefficient (Wildman–Crippen LogP) is 3.20. The molecule has 2 aromatic rings. The molecule has 1 amide bonds. The van der Waals surface area contributed by atoms with Gasteiger partial charge in [0.2, 0.25) is 11.8 Å². The first kappa shape index (κ1) is 15.0. The van der Waals surface area contributed by atoms with Gasteiger partial charge in [0.1, 0.15) is 0 Å². The van der Waals surface area contributed by atoms with Crippen LogP contribution >= 0.6 is 0 Å². The molecular formula is C13H13F3N4O. The van der Waals surface area contributed by atoms with Crippen molar-refractivity contribution in [1.82, 2.24) is 15.2 Å². The minimum Gasteiger partial charge on any atom is -0.289 e. The van der Waals surface area contributed by atoms with Crippen LogP contribution in [0.25, 0.3) is 0 Å². The Hall–Kier alpha value is -2.38. The zero-order chi connectivity index (χ0) is 15.6. The number of benzene rings is 1. The van der Waals surface area contributed by atoms with Gasteiger partial charge in [-0.1, -0.05) is 26.0 Å². The molecule has 8 heteroatoms. The number of hydrogen-bond acceptors (Lipinski definition) is 3. The van der Waals surface area contributed by atoms with Crippen LogP contribution in [0.15, 0.2) is 24.3 Å². The molecule has 0 unspecified atom stereocenters. The molecule has 1 aromatic heterocycles. The monoisotopic (exact) mass is 298 g/mol. The summed E-state index contributed by atoms with van der Waals surface area (Å²) >= 11 is 0. The normalized spacial score (nSPS) is 11.7. The Balaban J connectivity index is 2.09. The molecule has 2 rings (SSSR count). The lowest BCUT2D eigenvalue weighted by atomic mass is 10.0. The van der Waals surface area contributed by atoms with E-state index in [1.165, 1.54) is 0 Å². The van der Waals surface area contributed by atoms with E-state index in [2.05, 4.69) is 15.4 Å². The second-order valence-corrected chi connectivity index (χ2v) is 4.74. The number of aromatic amines is 1. The molecular weight excluding hydrogens is 285 g/mol. The van der Waals surface area contributed by atoms with Crippen molar-refractivity contribution < 1.29 is 18.0 Å². The Kier molecular flexibility index (Phi) is 3.97. The molecule has 0 radical (unpaired) electrons. The van der Waals surface area contributed by atoms with Crippen LogP contribution in [0, 0.1) is 0 Å². The van der Waals surface area contributed by atoms with E-state index in [-0.39, 0.29) is 0 Å². The van der Waals surface area contributed by atoms with Crippen LogP contribution in [0.1, 0.15) is 41.5 Å². The average molecular weight is 298 g/mol. The maximum atomic E-state index is 12.3. The van der Waals surface area contributed by atoms with Gasteiger partial charge in [-0.25, -0.2) is 0 Å². The van der Waals surface area contributed by atoms with Crippen LogP contribution in [0.5, 0.6) is 0 Å². The van der Waals surface area contributed by atoms with E-state index in [9.17, 15) is 18.0 Å². The van der Waals surface area contributed by atoms with E-state index in [0.717, 1.165) is 5.56 Å². The fraction of sp³-hybridized carbons (Fsp3) is 0.308. The van der Waals surface area contributed by atoms with Crippen molar-refractivity contribution in [1.29, 1.82) is 0 Å². The Morgan fingerprint density at radius 2 is 1.86 bits per heavy atom. The van der Waals surface area contributed by atoms with Gasteiger partial charge in [-0.2, -0.15) is 18.2 Å². The Morgan fingerprint density at radius 1 is 1.24 bits per heavy atom. The lowest BCUT2D eigenvalue weighted by Gasteiger charge is -2.06. The van der Waals surface area contributed by atoms with Gasteiger partial charge in [0.15, 0.2) is 0 Å². The van der Waals surface area contributed by atoms with Crippen LogP contribution in [0.3, 0.4) is 0 Å². The third-order valence-electron chi connectivity index (χ3n) is 2.82. The van der Waals surface area contributed by atoms with E-state index < -0.39 is 23.9 Å². The first-order chi connectivity index (χ1) is 9.77. The largest absolute Gasteiger partial charge is 0.451 e. The third-order valence-corrected chi connectivity index (χ3v) is 2.82. The van der Waals surface area contributed by atoms with Crippen molar-refractivity contribution in [2.45, 2.75) is 25.9 Å². The SMILES string of the molecule is CC(C)c1ccc(C(=O)Nc2n[nH]c(C(F)(F)F)n2)cc1. The van der Waals surface area contributed by atoms with Crippen LogP contribution in [-0.2, 0) is 6.18 Å². The summed E-state index contributed by atoms with van der Waals surface area (Å²) in [6.45, 7) is 4.03. The number of alkyl halides is 3. The highest BCUT2D eigenvalue weighted by molar-refractivity contribution is 6.03. The van der Waals surface area contributed by atoms with Crippen molar-refractivity contribution in [3.8, 4) is 0 Å². The summed E-state index contributed by atoms with van der Waals surface area (Å²) in [6, 6.07) is 6.78. The zero-order valence-electron chi connectivity index (χ0n) is 11.3. The van der Waals surface area contributed by atoms with Gasteiger partial charge in [0.05, 0.1) is 0 Å². The van der Waals surface area contributed by atoms with Crippen LogP contribution < -0.4 is 5.32 Å². The second kappa shape index (κ2) is 5.55. The zero-order valence-corrected chi connectivity index (χ0v) is 11.3. The Bertz CT molecular complexity index is 632. The molecule has 112 valence electrons. The number of rotatable bonds is 3. The van der Waals surface area contributed by atoms with E-state index in [1.807, 2.05) is 13.8 Å². The molecule has 0 spiro atoms. The Labute approximate surface area is 118 Å². The fourth-order valence-corrected chi connectivity index (χ4v) is 1.64. The minimum absolute atomic E-state index is 0.317. The minimum atomic E-state index is -4.63. The summed E-state index contributed by atoms with van der Waals surface area (Å²) in [6.07, 6.45) is -4.63. The number of hydrogen-bond donors (Lipinski definition) is 2. The van der Waals surface area contributed by atoms with E-state index >= 15 is 0 Å².